The maximum atomic E-state index is 14.8. The largest absolute Gasteiger partial charge is 0.386 e. The first-order valence-corrected chi connectivity index (χ1v) is 11.3. The Hall–Kier alpha value is -2.85. The number of aromatic nitrogens is 1. The van der Waals surface area contributed by atoms with Gasteiger partial charge in [0.15, 0.2) is 0 Å². The fourth-order valence-electron chi connectivity index (χ4n) is 3.06. The summed E-state index contributed by atoms with van der Waals surface area (Å²) >= 11 is 1.20. The van der Waals surface area contributed by atoms with Crippen LogP contribution in [0.5, 0.6) is 0 Å². The van der Waals surface area contributed by atoms with Gasteiger partial charge in [-0.3, -0.25) is 4.79 Å². The molecule has 0 saturated heterocycles. The van der Waals surface area contributed by atoms with Gasteiger partial charge in [-0.05, 0) is 57.8 Å². The van der Waals surface area contributed by atoms with Crippen LogP contribution in [0.3, 0.4) is 0 Å². The summed E-state index contributed by atoms with van der Waals surface area (Å²) in [5.41, 5.74) is 6.18. The number of primary amides is 1. The highest BCUT2D eigenvalue weighted by Crippen LogP contribution is 2.38. The lowest BCUT2D eigenvalue weighted by Crippen LogP contribution is -2.18. The molecule has 4 N–H and O–H groups in total. The van der Waals surface area contributed by atoms with Crippen LogP contribution >= 0.6 is 11.3 Å². The minimum atomic E-state index is -1.16. The summed E-state index contributed by atoms with van der Waals surface area (Å²) in [4.78, 5) is 19.1. The van der Waals surface area contributed by atoms with Gasteiger partial charge in [-0.25, -0.2) is 9.37 Å². The predicted molar refractivity (Wildman–Crippen MR) is 129 cm³/mol. The first kappa shape index (κ1) is 24.8. The number of anilines is 2. The molecule has 2 heterocycles. The highest BCUT2D eigenvalue weighted by Gasteiger charge is 2.21. The third kappa shape index (κ3) is 6.58. The molecule has 7 nitrogen and oxygen atoms in total. The highest BCUT2D eigenvalue weighted by molar-refractivity contribution is 7.19. The normalized spacial score (nSPS) is 11.7. The average molecular weight is 473 g/mol. The Morgan fingerprint density at radius 1 is 1.27 bits per heavy atom. The molecule has 176 valence electrons. The molecule has 0 spiro atoms. The minimum absolute atomic E-state index is 0.246. The monoisotopic (exact) mass is 472 g/mol. The third-order valence-corrected chi connectivity index (χ3v) is 6.00. The van der Waals surface area contributed by atoms with Crippen molar-refractivity contribution in [2.24, 2.45) is 5.73 Å². The molecule has 0 aliphatic heterocycles. The summed E-state index contributed by atoms with van der Waals surface area (Å²) in [6.45, 7) is 4.94. The molecule has 0 aliphatic rings. The maximum Gasteiger partial charge on any atom is 0.251 e. The zero-order valence-electron chi connectivity index (χ0n) is 19.2. The average Bonchev–Trinajstić information content (AvgIpc) is 3.14. The molecule has 0 fully saturated rings. The van der Waals surface area contributed by atoms with E-state index in [1.807, 2.05) is 31.1 Å². The van der Waals surface area contributed by atoms with Crippen LogP contribution in [0, 0.1) is 5.82 Å². The van der Waals surface area contributed by atoms with Crippen LogP contribution in [0.1, 0.15) is 35.5 Å². The van der Waals surface area contributed by atoms with E-state index < -0.39 is 17.3 Å². The van der Waals surface area contributed by atoms with Crippen LogP contribution in [-0.2, 0) is 16.9 Å². The molecule has 0 bridgehead atoms. The van der Waals surface area contributed by atoms with E-state index in [0.29, 0.717) is 40.0 Å². The van der Waals surface area contributed by atoms with Gasteiger partial charge >= 0.3 is 0 Å². The Labute approximate surface area is 197 Å². The molecule has 2 aromatic heterocycles. The lowest BCUT2D eigenvalue weighted by Gasteiger charge is -2.18. The molecule has 0 atom stereocenters. The van der Waals surface area contributed by atoms with Crippen molar-refractivity contribution >= 4 is 28.1 Å². The summed E-state index contributed by atoms with van der Waals surface area (Å²) in [5, 5.41) is 13.7. The zero-order valence-corrected chi connectivity index (χ0v) is 20.0. The molecule has 9 heteroatoms. The van der Waals surface area contributed by atoms with Crippen molar-refractivity contribution in [3.63, 3.8) is 0 Å². The van der Waals surface area contributed by atoms with Crippen LogP contribution in [0.15, 0.2) is 42.5 Å². The van der Waals surface area contributed by atoms with Crippen molar-refractivity contribution in [2.45, 2.75) is 26.1 Å². The number of halogens is 1. The molecular formula is C24H29FN4O3S. The molecule has 0 unspecified atom stereocenters. The van der Waals surface area contributed by atoms with Gasteiger partial charge in [-0.2, -0.15) is 0 Å². The lowest BCUT2D eigenvalue weighted by atomic mass is 9.96. The smallest absolute Gasteiger partial charge is 0.251 e. The Balaban J connectivity index is 1.83. The predicted octanol–water partition coefficient (Wildman–Crippen LogP) is 4.10. The number of nitrogens with two attached hydrogens (primary N) is 1. The second kappa shape index (κ2) is 10.4. The van der Waals surface area contributed by atoms with E-state index in [-0.39, 0.29) is 5.56 Å². The van der Waals surface area contributed by atoms with Crippen LogP contribution in [0.25, 0.3) is 10.4 Å². The number of carbonyl (C=O) groups is 1. The van der Waals surface area contributed by atoms with Crippen molar-refractivity contribution in [2.75, 3.05) is 32.6 Å². The molecule has 1 aromatic carbocycles. The number of hydrogen-bond acceptors (Lipinski definition) is 7. The minimum Gasteiger partial charge on any atom is -0.386 e. The van der Waals surface area contributed by atoms with Gasteiger partial charge in [0.05, 0.1) is 30.1 Å². The van der Waals surface area contributed by atoms with Crippen molar-refractivity contribution < 1.29 is 19.0 Å². The number of ether oxygens (including phenoxy) is 1. The van der Waals surface area contributed by atoms with E-state index in [1.165, 1.54) is 17.4 Å². The Bertz CT molecular complexity index is 1130. The van der Waals surface area contributed by atoms with Gasteiger partial charge in [0, 0.05) is 17.0 Å². The van der Waals surface area contributed by atoms with E-state index in [4.69, 9.17) is 10.5 Å². The summed E-state index contributed by atoms with van der Waals surface area (Å²) in [6.07, 6.45) is 0. The van der Waals surface area contributed by atoms with Gasteiger partial charge < -0.3 is 25.8 Å². The molecule has 33 heavy (non-hydrogen) atoms. The fourth-order valence-corrected chi connectivity index (χ4v) is 4.16. The van der Waals surface area contributed by atoms with Crippen molar-refractivity contribution in [3.8, 4) is 10.4 Å². The third-order valence-electron chi connectivity index (χ3n) is 4.92. The number of aliphatic hydroxyl groups is 1. The van der Waals surface area contributed by atoms with Gasteiger partial charge in [-0.15, -0.1) is 11.3 Å². The molecular weight excluding hydrogens is 443 g/mol. The molecule has 1 amide bonds. The fraction of sp³-hybridized carbons (Fsp3) is 0.333. The zero-order chi connectivity index (χ0) is 24.2. The number of nitrogens with zero attached hydrogens (tertiary/aromatic N) is 2. The number of amides is 1. The maximum absolute atomic E-state index is 14.8. The Morgan fingerprint density at radius 3 is 2.67 bits per heavy atom. The number of carbonyl (C=O) groups excluding carboxylic acids is 1. The topological polar surface area (TPSA) is 101 Å². The van der Waals surface area contributed by atoms with E-state index in [1.54, 1.807) is 38.1 Å². The molecule has 3 rings (SSSR count). The first-order valence-electron chi connectivity index (χ1n) is 10.5. The quantitative estimate of drug-likeness (QED) is 0.384. The van der Waals surface area contributed by atoms with Crippen molar-refractivity contribution in [1.82, 2.24) is 9.88 Å². The summed E-state index contributed by atoms with van der Waals surface area (Å²) < 4.78 is 20.5. The van der Waals surface area contributed by atoms with E-state index in [2.05, 4.69) is 10.3 Å². The second-order valence-corrected chi connectivity index (χ2v) is 9.52. The summed E-state index contributed by atoms with van der Waals surface area (Å²) in [6, 6.07) is 11.6. The van der Waals surface area contributed by atoms with E-state index in [0.717, 1.165) is 12.2 Å². The van der Waals surface area contributed by atoms with Crippen molar-refractivity contribution in [3.05, 3.63) is 65.1 Å². The molecule has 0 aliphatic carbocycles. The van der Waals surface area contributed by atoms with Crippen LogP contribution < -0.4 is 11.1 Å². The lowest BCUT2D eigenvalue weighted by molar-refractivity contribution is 0.0782. The van der Waals surface area contributed by atoms with Gasteiger partial charge in [0.25, 0.3) is 5.91 Å². The molecule has 3 aromatic rings. The van der Waals surface area contributed by atoms with Crippen LogP contribution in [0.4, 0.5) is 15.2 Å². The molecule has 0 saturated carbocycles. The van der Waals surface area contributed by atoms with Gasteiger partial charge in [0.2, 0.25) is 0 Å². The Kier molecular flexibility index (Phi) is 7.80. The van der Waals surface area contributed by atoms with Gasteiger partial charge in [-0.1, -0.05) is 18.2 Å². The molecule has 0 radical (unpaired) electrons. The van der Waals surface area contributed by atoms with Gasteiger partial charge in [0.1, 0.15) is 16.6 Å². The number of benzene rings is 1. The van der Waals surface area contributed by atoms with Crippen LogP contribution in [-0.4, -0.2) is 48.1 Å². The summed E-state index contributed by atoms with van der Waals surface area (Å²) in [5.74, 6) is -0.595. The number of thiophene rings is 1. The van der Waals surface area contributed by atoms with Crippen molar-refractivity contribution in [1.29, 1.82) is 0 Å². The number of pyridine rings is 1. The second-order valence-electron chi connectivity index (χ2n) is 8.47. The number of likely N-dealkylation sites (N-methyl/N-ethyl adjacent to an activating group) is 1. The first-order chi connectivity index (χ1) is 15.5. The van der Waals surface area contributed by atoms with E-state index in [9.17, 15) is 14.3 Å². The van der Waals surface area contributed by atoms with Crippen LogP contribution in [0.2, 0.25) is 0 Å². The standard InChI is InChI=1S/C24H29FN4O3S/c1-24(2,31)15-8-9-17(19(25)12-15)20-13-18(22(26)30)23(33-20)28-21-7-5-6-16(27-21)14-32-11-10-29(3)4/h5-9,12-13,31H,10-11,14H2,1-4H3,(H2,26,30)(H,27,28). The number of nitrogens with one attached hydrogen (secondary N) is 1. The number of rotatable bonds is 10. The number of hydrogen-bond donors (Lipinski definition) is 3. The van der Waals surface area contributed by atoms with E-state index >= 15 is 0 Å². The SMILES string of the molecule is CN(C)CCOCc1cccc(Nc2sc(-c3ccc(C(C)(C)O)cc3F)cc2C(N)=O)n1. The Morgan fingerprint density at radius 2 is 2.03 bits per heavy atom. The highest BCUT2D eigenvalue weighted by atomic mass is 32.1. The summed E-state index contributed by atoms with van der Waals surface area (Å²) in [7, 11) is 3.96.